The highest BCUT2D eigenvalue weighted by Crippen LogP contribution is 2.26. The predicted molar refractivity (Wildman–Crippen MR) is 127 cm³/mol. The third kappa shape index (κ3) is 5.00. The summed E-state index contributed by atoms with van der Waals surface area (Å²) in [6.45, 7) is 2.18. The molecule has 29 heavy (non-hydrogen) atoms. The fourth-order valence-electron chi connectivity index (χ4n) is 3.40. The van der Waals surface area contributed by atoms with E-state index >= 15 is 0 Å². The molecule has 0 N–H and O–H groups in total. The standard InChI is InChI=1S/C29H24/c1-23-22-27(15-14-25-10-6-3-7-11-25)18-21-29(23)28-19-16-26(17-20-28)13-12-24-8-4-2-5-9-24/h2-22H,1H3/b13-12-,15-14-. The fraction of sp³-hybridized carbons (Fsp3) is 0.0345. The van der Waals surface area contributed by atoms with Crippen LogP contribution < -0.4 is 0 Å². The predicted octanol–water partition coefficient (Wildman–Crippen LogP) is 8.00. The van der Waals surface area contributed by atoms with Crippen LogP contribution in [0.3, 0.4) is 0 Å². The number of hydrogen-bond acceptors (Lipinski definition) is 0. The van der Waals surface area contributed by atoms with Crippen LogP contribution in [-0.4, -0.2) is 0 Å². The molecule has 4 aromatic rings. The van der Waals surface area contributed by atoms with Crippen LogP contribution in [0.25, 0.3) is 35.4 Å². The molecule has 0 aliphatic heterocycles. The first-order valence-corrected chi connectivity index (χ1v) is 9.95. The van der Waals surface area contributed by atoms with Crippen molar-refractivity contribution in [2.45, 2.75) is 6.92 Å². The number of benzene rings is 4. The molecule has 0 radical (unpaired) electrons. The summed E-state index contributed by atoms with van der Waals surface area (Å²) in [5.74, 6) is 0. The smallest absolute Gasteiger partial charge is 0.0154 e. The van der Waals surface area contributed by atoms with Gasteiger partial charge in [0.15, 0.2) is 0 Å². The second-order valence-electron chi connectivity index (χ2n) is 7.18. The molecule has 0 saturated heterocycles. The molecule has 0 aliphatic rings. The summed E-state index contributed by atoms with van der Waals surface area (Å²) in [6.07, 6.45) is 8.63. The van der Waals surface area contributed by atoms with Gasteiger partial charge >= 0.3 is 0 Å². The van der Waals surface area contributed by atoms with Gasteiger partial charge in [0.05, 0.1) is 0 Å². The molecule has 0 heterocycles. The second kappa shape index (κ2) is 9.03. The van der Waals surface area contributed by atoms with E-state index in [9.17, 15) is 0 Å². The van der Waals surface area contributed by atoms with E-state index in [0.29, 0.717) is 0 Å². The molecule has 0 unspecified atom stereocenters. The molecule has 0 amide bonds. The summed E-state index contributed by atoms with van der Waals surface area (Å²) in [5, 5.41) is 0. The molecular weight excluding hydrogens is 348 g/mol. The first-order chi connectivity index (χ1) is 14.3. The minimum Gasteiger partial charge on any atom is -0.0622 e. The van der Waals surface area contributed by atoms with Crippen LogP contribution in [0.1, 0.15) is 27.8 Å². The molecule has 4 aromatic carbocycles. The van der Waals surface area contributed by atoms with Crippen molar-refractivity contribution in [3.63, 3.8) is 0 Å². The number of hydrogen-bond donors (Lipinski definition) is 0. The van der Waals surface area contributed by atoms with Crippen LogP contribution in [0.15, 0.2) is 103 Å². The molecule has 0 spiro atoms. The summed E-state index contributed by atoms with van der Waals surface area (Å²) >= 11 is 0. The molecule has 0 nitrogen and oxygen atoms in total. The van der Waals surface area contributed by atoms with E-state index < -0.39 is 0 Å². The maximum absolute atomic E-state index is 2.25. The van der Waals surface area contributed by atoms with E-state index in [1.807, 2.05) is 12.1 Å². The Morgan fingerprint density at radius 3 is 1.41 bits per heavy atom. The summed E-state index contributed by atoms with van der Waals surface area (Å²) in [7, 11) is 0. The number of rotatable bonds is 5. The molecule has 0 aliphatic carbocycles. The first-order valence-electron chi connectivity index (χ1n) is 9.95. The summed E-state index contributed by atoms with van der Waals surface area (Å²) in [6, 6.07) is 36.2. The quantitative estimate of drug-likeness (QED) is 0.311. The van der Waals surface area contributed by atoms with Crippen molar-refractivity contribution < 1.29 is 0 Å². The van der Waals surface area contributed by atoms with E-state index in [-0.39, 0.29) is 0 Å². The van der Waals surface area contributed by atoms with Gasteiger partial charge in [0, 0.05) is 0 Å². The molecule has 0 aromatic heterocycles. The molecule has 0 bridgehead atoms. The number of aryl methyl sites for hydroxylation is 1. The highest BCUT2D eigenvalue weighted by Gasteiger charge is 2.02. The van der Waals surface area contributed by atoms with Gasteiger partial charge in [-0.2, -0.15) is 0 Å². The highest BCUT2D eigenvalue weighted by atomic mass is 14.1. The van der Waals surface area contributed by atoms with Crippen LogP contribution in [0.5, 0.6) is 0 Å². The van der Waals surface area contributed by atoms with Gasteiger partial charge in [0.25, 0.3) is 0 Å². The topological polar surface area (TPSA) is 0 Å². The Morgan fingerprint density at radius 1 is 0.448 bits per heavy atom. The molecule has 0 atom stereocenters. The molecule has 140 valence electrons. The molecule has 0 fully saturated rings. The summed E-state index contributed by atoms with van der Waals surface area (Å²) in [4.78, 5) is 0. The van der Waals surface area contributed by atoms with Crippen LogP contribution in [-0.2, 0) is 0 Å². The maximum Gasteiger partial charge on any atom is -0.0154 e. The third-order valence-electron chi connectivity index (χ3n) is 5.01. The van der Waals surface area contributed by atoms with Gasteiger partial charge in [-0.05, 0) is 45.9 Å². The van der Waals surface area contributed by atoms with Crippen LogP contribution in [0.4, 0.5) is 0 Å². The van der Waals surface area contributed by atoms with E-state index in [1.165, 1.54) is 38.9 Å². The van der Waals surface area contributed by atoms with E-state index in [4.69, 9.17) is 0 Å². The Labute approximate surface area is 173 Å². The zero-order valence-electron chi connectivity index (χ0n) is 16.6. The van der Waals surface area contributed by atoms with E-state index in [1.54, 1.807) is 0 Å². The SMILES string of the molecule is Cc1cc(/C=C\c2ccccc2)ccc1-c1ccc(/C=C\c2ccccc2)cc1. The van der Waals surface area contributed by atoms with Crippen LogP contribution >= 0.6 is 0 Å². The monoisotopic (exact) mass is 372 g/mol. The average Bonchev–Trinajstić information content (AvgIpc) is 2.78. The molecule has 0 heteroatoms. The minimum absolute atomic E-state index is 1.21. The van der Waals surface area contributed by atoms with Gasteiger partial charge < -0.3 is 0 Å². The fourth-order valence-corrected chi connectivity index (χ4v) is 3.40. The van der Waals surface area contributed by atoms with Gasteiger partial charge in [0.2, 0.25) is 0 Å². The van der Waals surface area contributed by atoms with Crippen molar-refractivity contribution in [1.29, 1.82) is 0 Å². The summed E-state index contributed by atoms with van der Waals surface area (Å²) in [5.41, 5.74) is 8.67. The van der Waals surface area contributed by atoms with Gasteiger partial charge in [-0.1, -0.05) is 127 Å². The minimum atomic E-state index is 1.21. The lowest BCUT2D eigenvalue weighted by Gasteiger charge is -2.08. The Morgan fingerprint density at radius 2 is 0.897 bits per heavy atom. The van der Waals surface area contributed by atoms with Gasteiger partial charge in [0.1, 0.15) is 0 Å². The largest absolute Gasteiger partial charge is 0.0622 e. The Kier molecular flexibility index (Phi) is 5.83. The van der Waals surface area contributed by atoms with Crippen LogP contribution in [0.2, 0.25) is 0 Å². The van der Waals surface area contributed by atoms with Crippen molar-refractivity contribution >= 4 is 24.3 Å². The van der Waals surface area contributed by atoms with Crippen molar-refractivity contribution in [2.75, 3.05) is 0 Å². The van der Waals surface area contributed by atoms with Crippen molar-refractivity contribution in [3.8, 4) is 11.1 Å². The van der Waals surface area contributed by atoms with Crippen molar-refractivity contribution in [1.82, 2.24) is 0 Å². The van der Waals surface area contributed by atoms with Gasteiger partial charge in [-0.15, -0.1) is 0 Å². The lowest BCUT2D eigenvalue weighted by atomic mass is 9.97. The average molecular weight is 373 g/mol. The normalized spacial score (nSPS) is 11.3. The molecule has 0 saturated carbocycles. The second-order valence-corrected chi connectivity index (χ2v) is 7.18. The zero-order valence-corrected chi connectivity index (χ0v) is 16.6. The van der Waals surface area contributed by atoms with Crippen LogP contribution in [0, 0.1) is 6.92 Å². The lowest BCUT2D eigenvalue weighted by molar-refractivity contribution is 1.44. The summed E-state index contributed by atoms with van der Waals surface area (Å²) < 4.78 is 0. The Balaban J connectivity index is 1.49. The van der Waals surface area contributed by atoms with Gasteiger partial charge in [-0.3, -0.25) is 0 Å². The van der Waals surface area contributed by atoms with Crippen molar-refractivity contribution in [2.24, 2.45) is 0 Å². The Hall–Kier alpha value is -3.64. The lowest BCUT2D eigenvalue weighted by Crippen LogP contribution is -1.85. The van der Waals surface area contributed by atoms with E-state index in [0.717, 1.165) is 0 Å². The molecule has 4 rings (SSSR count). The van der Waals surface area contributed by atoms with E-state index in [2.05, 4.69) is 122 Å². The van der Waals surface area contributed by atoms with Gasteiger partial charge in [-0.25, -0.2) is 0 Å². The highest BCUT2D eigenvalue weighted by molar-refractivity contribution is 5.75. The molecular formula is C29H24. The zero-order chi connectivity index (χ0) is 19.9. The Bertz CT molecular complexity index is 1120. The maximum atomic E-state index is 2.25. The first kappa shape index (κ1) is 18.7. The third-order valence-corrected chi connectivity index (χ3v) is 5.01. The van der Waals surface area contributed by atoms with Crippen molar-refractivity contribution in [3.05, 3.63) is 131 Å².